The molecule has 0 radical (unpaired) electrons. The van der Waals surface area contributed by atoms with Gasteiger partial charge in [-0.1, -0.05) is 0 Å². The molecule has 0 fully saturated rings. The van der Waals surface area contributed by atoms with Crippen LogP contribution in [-0.4, -0.2) is 17.0 Å². The van der Waals surface area contributed by atoms with Crippen LogP contribution in [0, 0.1) is 26.6 Å². The normalized spacial score (nSPS) is 10.4. The Morgan fingerprint density at radius 2 is 1.89 bits per heavy atom. The van der Waals surface area contributed by atoms with Gasteiger partial charge in [-0.3, -0.25) is 0 Å². The van der Waals surface area contributed by atoms with E-state index in [-0.39, 0.29) is 5.82 Å². The monoisotopic (exact) mass is 261 g/mol. The highest BCUT2D eigenvalue weighted by Gasteiger charge is 2.10. The maximum absolute atomic E-state index is 13.2. The SMILES string of the molecule is CNc1nc(C)nc(Oc2ccc(F)c(C)c2)c1C. The minimum atomic E-state index is -0.251. The van der Waals surface area contributed by atoms with Crippen molar-refractivity contribution in [3.63, 3.8) is 0 Å². The number of hydrogen-bond donors (Lipinski definition) is 1. The van der Waals surface area contributed by atoms with E-state index in [1.54, 1.807) is 33.0 Å². The van der Waals surface area contributed by atoms with Gasteiger partial charge in [-0.2, -0.15) is 4.98 Å². The summed E-state index contributed by atoms with van der Waals surface area (Å²) in [7, 11) is 1.79. The van der Waals surface area contributed by atoms with E-state index >= 15 is 0 Å². The highest BCUT2D eigenvalue weighted by molar-refractivity contribution is 5.49. The predicted octanol–water partition coefficient (Wildman–Crippen LogP) is 3.37. The molecule has 2 rings (SSSR count). The van der Waals surface area contributed by atoms with Gasteiger partial charge in [0.05, 0.1) is 5.56 Å². The van der Waals surface area contributed by atoms with Crippen molar-refractivity contribution in [1.82, 2.24) is 9.97 Å². The topological polar surface area (TPSA) is 47.0 Å². The fourth-order valence-corrected chi connectivity index (χ4v) is 1.74. The third-order valence-corrected chi connectivity index (χ3v) is 2.79. The molecular formula is C14H16FN3O. The van der Waals surface area contributed by atoms with Crippen LogP contribution in [0.15, 0.2) is 18.2 Å². The summed E-state index contributed by atoms with van der Waals surface area (Å²) in [5.74, 6) is 2.12. The average molecular weight is 261 g/mol. The van der Waals surface area contributed by atoms with Gasteiger partial charge in [0.25, 0.3) is 0 Å². The van der Waals surface area contributed by atoms with Gasteiger partial charge in [0.1, 0.15) is 23.2 Å². The number of anilines is 1. The number of ether oxygens (including phenoxy) is 1. The van der Waals surface area contributed by atoms with Gasteiger partial charge >= 0.3 is 0 Å². The molecule has 1 aromatic carbocycles. The summed E-state index contributed by atoms with van der Waals surface area (Å²) in [4.78, 5) is 8.52. The second-order valence-corrected chi connectivity index (χ2v) is 4.31. The van der Waals surface area contributed by atoms with Crippen LogP contribution in [0.5, 0.6) is 11.6 Å². The molecule has 0 aliphatic heterocycles. The van der Waals surface area contributed by atoms with Crippen molar-refractivity contribution in [3.05, 3.63) is 41.0 Å². The number of benzene rings is 1. The quantitative estimate of drug-likeness (QED) is 0.920. The highest BCUT2D eigenvalue weighted by atomic mass is 19.1. The summed E-state index contributed by atoms with van der Waals surface area (Å²) < 4.78 is 18.9. The summed E-state index contributed by atoms with van der Waals surface area (Å²) in [5, 5.41) is 2.99. The summed E-state index contributed by atoms with van der Waals surface area (Å²) >= 11 is 0. The zero-order valence-corrected chi connectivity index (χ0v) is 11.4. The standard InChI is InChI=1S/C14H16FN3O/c1-8-7-11(5-6-12(8)15)19-14-9(2)13(16-4)17-10(3)18-14/h5-7H,1-4H3,(H,16,17,18). The Morgan fingerprint density at radius 3 is 2.53 bits per heavy atom. The van der Waals surface area contributed by atoms with E-state index in [1.165, 1.54) is 6.07 Å². The Hall–Kier alpha value is -2.17. The van der Waals surface area contributed by atoms with E-state index in [1.807, 2.05) is 6.92 Å². The molecule has 1 N–H and O–H groups in total. The molecule has 0 saturated heterocycles. The largest absolute Gasteiger partial charge is 0.439 e. The first-order valence-corrected chi connectivity index (χ1v) is 5.98. The number of rotatable bonds is 3. The van der Waals surface area contributed by atoms with E-state index in [2.05, 4.69) is 15.3 Å². The van der Waals surface area contributed by atoms with Gasteiger partial charge < -0.3 is 10.1 Å². The van der Waals surface area contributed by atoms with Gasteiger partial charge in [0.2, 0.25) is 5.88 Å². The van der Waals surface area contributed by atoms with Crippen LogP contribution >= 0.6 is 0 Å². The van der Waals surface area contributed by atoms with Crippen LogP contribution in [-0.2, 0) is 0 Å². The lowest BCUT2D eigenvalue weighted by Gasteiger charge is -2.12. The molecule has 1 aromatic heterocycles. The van der Waals surface area contributed by atoms with Gasteiger partial charge in [-0.15, -0.1) is 0 Å². The third-order valence-electron chi connectivity index (χ3n) is 2.79. The van der Waals surface area contributed by atoms with Gasteiger partial charge in [-0.25, -0.2) is 9.37 Å². The zero-order valence-electron chi connectivity index (χ0n) is 11.4. The molecule has 100 valence electrons. The molecule has 0 aliphatic carbocycles. The number of nitrogens with zero attached hydrogens (tertiary/aromatic N) is 2. The minimum Gasteiger partial charge on any atom is -0.439 e. The first kappa shape index (κ1) is 13.3. The predicted molar refractivity (Wildman–Crippen MR) is 72.3 cm³/mol. The minimum absolute atomic E-state index is 0.251. The first-order valence-electron chi connectivity index (χ1n) is 5.98. The molecule has 5 heteroatoms. The third kappa shape index (κ3) is 2.81. The Morgan fingerprint density at radius 1 is 1.16 bits per heavy atom. The maximum Gasteiger partial charge on any atom is 0.227 e. The lowest BCUT2D eigenvalue weighted by atomic mass is 10.2. The maximum atomic E-state index is 13.2. The molecule has 0 aliphatic rings. The lowest BCUT2D eigenvalue weighted by molar-refractivity contribution is 0.454. The average Bonchev–Trinajstić information content (AvgIpc) is 2.37. The molecule has 0 atom stereocenters. The molecule has 4 nitrogen and oxygen atoms in total. The van der Waals surface area contributed by atoms with Crippen molar-refractivity contribution in [2.24, 2.45) is 0 Å². The van der Waals surface area contributed by atoms with Crippen molar-refractivity contribution >= 4 is 5.82 Å². The zero-order chi connectivity index (χ0) is 14.0. The number of aryl methyl sites for hydroxylation is 2. The Bertz CT molecular complexity index is 614. The van der Waals surface area contributed by atoms with Crippen LogP contribution in [0.3, 0.4) is 0 Å². The molecule has 0 bridgehead atoms. The van der Waals surface area contributed by atoms with E-state index in [0.717, 1.165) is 11.4 Å². The van der Waals surface area contributed by atoms with Crippen molar-refractivity contribution in [1.29, 1.82) is 0 Å². The number of nitrogens with one attached hydrogen (secondary N) is 1. The molecule has 1 heterocycles. The van der Waals surface area contributed by atoms with Crippen LogP contribution in [0.25, 0.3) is 0 Å². The summed E-state index contributed by atoms with van der Waals surface area (Å²) in [5.41, 5.74) is 1.35. The Labute approximate surface area is 111 Å². The van der Waals surface area contributed by atoms with Crippen molar-refractivity contribution in [2.75, 3.05) is 12.4 Å². The molecule has 19 heavy (non-hydrogen) atoms. The number of aromatic nitrogens is 2. The van der Waals surface area contributed by atoms with E-state index in [9.17, 15) is 4.39 Å². The van der Waals surface area contributed by atoms with Crippen LogP contribution in [0.4, 0.5) is 10.2 Å². The summed E-state index contributed by atoms with van der Waals surface area (Å²) in [6.07, 6.45) is 0. The molecule has 2 aromatic rings. The van der Waals surface area contributed by atoms with Gasteiger partial charge in [0.15, 0.2) is 0 Å². The molecule has 0 amide bonds. The van der Waals surface area contributed by atoms with Crippen LogP contribution in [0.1, 0.15) is 17.0 Å². The van der Waals surface area contributed by atoms with Crippen molar-refractivity contribution in [3.8, 4) is 11.6 Å². The van der Waals surface area contributed by atoms with Crippen LogP contribution in [0.2, 0.25) is 0 Å². The lowest BCUT2D eigenvalue weighted by Crippen LogP contribution is -2.03. The smallest absolute Gasteiger partial charge is 0.227 e. The second kappa shape index (κ2) is 5.22. The van der Waals surface area contributed by atoms with E-state index in [4.69, 9.17) is 4.74 Å². The fourth-order valence-electron chi connectivity index (χ4n) is 1.74. The van der Waals surface area contributed by atoms with E-state index < -0.39 is 0 Å². The summed E-state index contributed by atoms with van der Waals surface area (Å²) in [6.45, 7) is 5.36. The first-order chi connectivity index (χ1) is 9.01. The van der Waals surface area contributed by atoms with Crippen LogP contribution < -0.4 is 10.1 Å². The van der Waals surface area contributed by atoms with Crippen molar-refractivity contribution in [2.45, 2.75) is 20.8 Å². The fraction of sp³-hybridized carbons (Fsp3) is 0.286. The molecule has 0 unspecified atom stereocenters. The van der Waals surface area contributed by atoms with Gasteiger partial charge in [0, 0.05) is 7.05 Å². The molecular weight excluding hydrogens is 245 g/mol. The Balaban J connectivity index is 2.37. The van der Waals surface area contributed by atoms with E-state index in [0.29, 0.717) is 23.0 Å². The summed E-state index contributed by atoms with van der Waals surface area (Å²) in [6, 6.07) is 4.61. The second-order valence-electron chi connectivity index (χ2n) is 4.31. The molecule has 0 saturated carbocycles. The van der Waals surface area contributed by atoms with Gasteiger partial charge in [-0.05, 0) is 44.5 Å². The number of hydrogen-bond acceptors (Lipinski definition) is 4. The van der Waals surface area contributed by atoms with Crippen molar-refractivity contribution < 1.29 is 9.13 Å². The molecule has 0 spiro atoms. The highest BCUT2D eigenvalue weighted by Crippen LogP contribution is 2.27. The number of halogens is 1. The Kier molecular flexibility index (Phi) is 3.64.